The third-order valence-electron chi connectivity index (χ3n) is 4.87. The zero-order chi connectivity index (χ0) is 22.4. The number of nitrogens with zero attached hydrogens (tertiary/aromatic N) is 2. The summed E-state index contributed by atoms with van der Waals surface area (Å²) in [5.41, 5.74) is 1.97. The molecule has 3 aromatic carbocycles. The van der Waals surface area contributed by atoms with Gasteiger partial charge in [0, 0.05) is 13.1 Å². The lowest BCUT2D eigenvalue weighted by molar-refractivity contribution is -0.133. The molecule has 0 aliphatic carbocycles. The van der Waals surface area contributed by atoms with Crippen molar-refractivity contribution in [2.75, 3.05) is 10.6 Å². The molecule has 0 aliphatic rings. The number of anilines is 1. The van der Waals surface area contributed by atoms with Gasteiger partial charge in [0.15, 0.2) is 0 Å². The van der Waals surface area contributed by atoms with Crippen LogP contribution < -0.4 is 4.31 Å². The Labute approximate surface area is 182 Å². The highest BCUT2D eigenvalue weighted by molar-refractivity contribution is 7.92. The van der Waals surface area contributed by atoms with Gasteiger partial charge in [-0.05, 0) is 36.2 Å². The number of hydrogen-bond acceptors (Lipinski definition) is 3. The fraction of sp³-hybridized carbons (Fsp3) is 0.208. The fourth-order valence-corrected chi connectivity index (χ4v) is 4.66. The van der Waals surface area contributed by atoms with Crippen LogP contribution in [-0.2, 0) is 27.9 Å². The second-order valence-corrected chi connectivity index (χ2v) is 9.24. The number of amides is 1. The van der Waals surface area contributed by atoms with Crippen molar-refractivity contribution in [3.63, 3.8) is 0 Å². The molecule has 7 heteroatoms. The first-order valence-corrected chi connectivity index (χ1v) is 11.7. The van der Waals surface area contributed by atoms with Crippen LogP contribution in [0, 0.1) is 5.82 Å². The van der Waals surface area contributed by atoms with Crippen LogP contribution in [0.4, 0.5) is 10.1 Å². The van der Waals surface area contributed by atoms with Crippen molar-refractivity contribution < 1.29 is 17.6 Å². The maximum absolute atomic E-state index is 13.8. The predicted octanol–water partition coefficient (Wildman–Crippen LogP) is 4.21. The first kappa shape index (κ1) is 22.5. The van der Waals surface area contributed by atoms with Crippen molar-refractivity contribution in [3.8, 4) is 0 Å². The standard InChI is InChI=1S/C24H25FN2O3S/c1-19(27(31(2,29)30)23-15-9-14-22(25)16-23)24(28)26(17-20-10-5-3-6-11-20)18-21-12-7-4-8-13-21/h3-16,19H,17-18H2,1-2H3/t19-/m0/s1. The smallest absolute Gasteiger partial charge is 0.246 e. The highest BCUT2D eigenvalue weighted by Gasteiger charge is 2.32. The van der Waals surface area contributed by atoms with E-state index in [4.69, 9.17) is 0 Å². The molecule has 3 aromatic rings. The minimum absolute atomic E-state index is 0.114. The molecule has 0 saturated carbocycles. The van der Waals surface area contributed by atoms with E-state index < -0.39 is 21.9 Å². The summed E-state index contributed by atoms with van der Waals surface area (Å²) in [5, 5.41) is 0. The molecule has 5 nitrogen and oxygen atoms in total. The van der Waals surface area contributed by atoms with E-state index in [9.17, 15) is 17.6 Å². The van der Waals surface area contributed by atoms with Gasteiger partial charge in [-0.25, -0.2) is 12.8 Å². The number of rotatable bonds is 8. The molecule has 0 saturated heterocycles. The number of carbonyl (C=O) groups is 1. The van der Waals surface area contributed by atoms with Crippen LogP contribution >= 0.6 is 0 Å². The Bertz CT molecular complexity index is 1080. The summed E-state index contributed by atoms with van der Waals surface area (Å²) in [6.45, 7) is 2.16. The number of sulfonamides is 1. The van der Waals surface area contributed by atoms with Crippen LogP contribution in [0.15, 0.2) is 84.9 Å². The Balaban J connectivity index is 1.95. The van der Waals surface area contributed by atoms with E-state index in [-0.39, 0.29) is 11.6 Å². The molecule has 0 aliphatic heterocycles. The van der Waals surface area contributed by atoms with Gasteiger partial charge in [0.25, 0.3) is 0 Å². The maximum atomic E-state index is 13.8. The highest BCUT2D eigenvalue weighted by Crippen LogP contribution is 2.23. The summed E-state index contributed by atoms with van der Waals surface area (Å²) < 4.78 is 39.9. The molecule has 1 amide bonds. The first-order valence-electron chi connectivity index (χ1n) is 9.87. The molecule has 1 atom stereocenters. The lowest BCUT2D eigenvalue weighted by atomic mass is 10.1. The quantitative estimate of drug-likeness (QED) is 0.527. The molecule has 0 bridgehead atoms. The molecule has 0 unspecified atom stereocenters. The lowest BCUT2D eigenvalue weighted by Gasteiger charge is -2.33. The Morgan fingerprint density at radius 2 is 1.39 bits per heavy atom. The van der Waals surface area contributed by atoms with Crippen LogP contribution in [0.2, 0.25) is 0 Å². The van der Waals surface area contributed by atoms with E-state index in [1.807, 2.05) is 60.7 Å². The summed E-state index contributed by atoms with van der Waals surface area (Å²) in [4.78, 5) is 15.1. The monoisotopic (exact) mass is 440 g/mol. The first-order chi connectivity index (χ1) is 14.8. The van der Waals surface area contributed by atoms with E-state index in [0.29, 0.717) is 13.1 Å². The Hall–Kier alpha value is -3.19. The average Bonchev–Trinajstić information content (AvgIpc) is 2.73. The summed E-state index contributed by atoms with van der Waals surface area (Å²) in [6, 6.07) is 23.2. The molecule has 3 rings (SSSR count). The zero-order valence-corrected chi connectivity index (χ0v) is 18.3. The van der Waals surface area contributed by atoms with Gasteiger partial charge < -0.3 is 4.90 Å². The summed E-state index contributed by atoms with van der Waals surface area (Å²) >= 11 is 0. The van der Waals surface area contributed by atoms with Gasteiger partial charge in [-0.3, -0.25) is 9.10 Å². The third kappa shape index (κ3) is 5.92. The van der Waals surface area contributed by atoms with Crippen LogP contribution in [-0.4, -0.2) is 31.5 Å². The average molecular weight is 441 g/mol. The fourth-order valence-electron chi connectivity index (χ4n) is 3.50. The number of carbonyl (C=O) groups excluding carboxylic acids is 1. The minimum Gasteiger partial charge on any atom is -0.332 e. The van der Waals surface area contributed by atoms with Crippen molar-refractivity contribution in [2.24, 2.45) is 0 Å². The van der Waals surface area contributed by atoms with Gasteiger partial charge in [-0.15, -0.1) is 0 Å². The second-order valence-electron chi connectivity index (χ2n) is 7.38. The van der Waals surface area contributed by atoms with E-state index >= 15 is 0 Å². The summed E-state index contributed by atoms with van der Waals surface area (Å²) in [7, 11) is -3.84. The molecular weight excluding hydrogens is 415 g/mol. The van der Waals surface area contributed by atoms with Crippen LogP contribution in [0.1, 0.15) is 18.1 Å². The second kappa shape index (κ2) is 9.75. The van der Waals surface area contributed by atoms with E-state index in [0.717, 1.165) is 27.8 Å². The topological polar surface area (TPSA) is 57.7 Å². The Morgan fingerprint density at radius 3 is 1.84 bits per heavy atom. The SMILES string of the molecule is C[C@@H](C(=O)N(Cc1ccccc1)Cc1ccccc1)N(c1cccc(F)c1)S(C)(=O)=O. The highest BCUT2D eigenvalue weighted by atomic mass is 32.2. The van der Waals surface area contributed by atoms with Crippen molar-refractivity contribution in [1.82, 2.24) is 4.90 Å². The zero-order valence-electron chi connectivity index (χ0n) is 17.5. The van der Waals surface area contributed by atoms with E-state index in [1.54, 1.807) is 4.90 Å². The largest absolute Gasteiger partial charge is 0.332 e. The van der Waals surface area contributed by atoms with Crippen LogP contribution in [0.25, 0.3) is 0 Å². The van der Waals surface area contributed by atoms with Gasteiger partial charge in [-0.1, -0.05) is 66.7 Å². The molecule has 0 fully saturated rings. The molecule has 162 valence electrons. The normalized spacial score (nSPS) is 12.2. The van der Waals surface area contributed by atoms with Gasteiger partial charge >= 0.3 is 0 Å². The van der Waals surface area contributed by atoms with Crippen LogP contribution in [0.3, 0.4) is 0 Å². The van der Waals surface area contributed by atoms with Gasteiger partial charge in [0.1, 0.15) is 11.9 Å². The molecule has 0 radical (unpaired) electrons. The van der Waals surface area contributed by atoms with Crippen LogP contribution in [0.5, 0.6) is 0 Å². The predicted molar refractivity (Wildman–Crippen MR) is 120 cm³/mol. The molecule has 0 N–H and O–H groups in total. The van der Waals surface area contributed by atoms with E-state index in [2.05, 4.69) is 0 Å². The Morgan fingerprint density at radius 1 is 0.871 bits per heavy atom. The number of benzene rings is 3. The molecule has 0 heterocycles. The molecule has 0 spiro atoms. The summed E-state index contributed by atoms with van der Waals surface area (Å²) in [5.74, 6) is -0.946. The van der Waals surface area contributed by atoms with Gasteiger partial charge in [0.2, 0.25) is 15.9 Å². The van der Waals surface area contributed by atoms with Crippen molar-refractivity contribution >= 4 is 21.6 Å². The molecule has 0 aromatic heterocycles. The van der Waals surface area contributed by atoms with Gasteiger partial charge in [-0.2, -0.15) is 0 Å². The third-order valence-corrected chi connectivity index (χ3v) is 6.11. The molecule has 31 heavy (non-hydrogen) atoms. The van der Waals surface area contributed by atoms with Crippen molar-refractivity contribution in [3.05, 3.63) is 102 Å². The lowest BCUT2D eigenvalue weighted by Crippen LogP contribution is -2.49. The Kier molecular flexibility index (Phi) is 7.07. The van der Waals surface area contributed by atoms with E-state index in [1.165, 1.54) is 25.1 Å². The summed E-state index contributed by atoms with van der Waals surface area (Å²) in [6.07, 6.45) is 1.01. The van der Waals surface area contributed by atoms with Crippen molar-refractivity contribution in [2.45, 2.75) is 26.1 Å². The number of hydrogen-bond donors (Lipinski definition) is 0. The van der Waals surface area contributed by atoms with Gasteiger partial charge in [0.05, 0.1) is 11.9 Å². The molecular formula is C24H25FN2O3S. The number of halogens is 1. The minimum atomic E-state index is -3.84. The maximum Gasteiger partial charge on any atom is 0.246 e. The van der Waals surface area contributed by atoms with Crippen molar-refractivity contribution in [1.29, 1.82) is 0 Å².